The van der Waals surface area contributed by atoms with Gasteiger partial charge in [0.1, 0.15) is 5.60 Å². The number of hydrogen-bond acceptors (Lipinski definition) is 6. The summed E-state index contributed by atoms with van der Waals surface area (Å²) < 4.78 is 21.9. The zero-order valence-electron chi connectivity index (χ0n) is 20.0. The Bertz CT molecular complexity index is 807. The highest BCUT2D eigenvalue weighted by Gasteiger charge is 2.35. The van der Waals surface area contributed by atoms with E-state index in [1.807, 2.05) is 26.8 Å². The molecule has 0 unspecified atom stereocenters. The Labute approximate surface area is 213 Å². The topological polar surface area (TPSA) is 102 Å². The van der Waals surface area contributed by atoms with Crippen molar-refractivity contribution in [2.45, 2.75) is 51.0 Å². The van der Waals surface area contributed by atoms with Crippen LogP contribution in [0.5, 0.6) is 11.5 Å². The Morgan fingerprint density at radius 2 is 1.79 bits per heavy atom. The molecule has 0 aliphatic carbocycles. The first-order valence-corrected chi connectivity index (χ1v) is 11.2. The lowest BCUT2D eigenvalue weighted by Gasteiger charge is -2.38. The molecule has 3 rings (SSSR count). The number of nitrogens with one attached hydrogen (secondary N) is 3. The minimum atomic E-state index is -0.494. The minimum Gasteiger partial charge on any atom is -0.454 e. The monoisotopic (exact) mass is 576 g/mol. The first-order chi connectivity index (χ1) is 15.3. The number of benzene rings is 1. The van der Waals surface area contributed by atoms with Gasteiger partial charge >= 0.3 is 6.09 Å². The number of fused-ring (bicyclic) bond motifs is 1. The summed E-state index contributed by atoms with van der Waals surface area (Å²) in [5.41, 5.74) is 0.649. The number of alkyl carbamates (subject to hydrolysis) is 1. The molecule has 0 saturated carbocycles. The van der Waals surface area contributed by atoms with E-state index in [9.17, 15) is 4.79 Å². The van der Waals surface area contributed by atoms with E-state index >= 15 is 0 Å². The maximum Gasteiger partial charge on any atom is 0.407 e. The summed E-state index contributed by atoms with van der Waals surface area (Å²) in [6, 6.07) is 6.20. The maximum atomic E-state index is 11.7. The first-order valence-electron chi connectivity index (χ1n) is 11.2. The molecular weight excluding hydrogens is 539 g/mol. The maximum absolute atomic E-state index is 11.7. The number of nitrogens with zero attached hydrogens (tertiary/aromatic N) is 1. The van der Waals surface area contributed by atoms with Gasteiger partial charge in [-0.25, -0.2) is 4.79 Å². The fraction of sp³-hybridized carbons (Fsp3) is 0.652. The van der Waals surface area contributed by atoms with E-state index in [1.165, 1.54) is 5.56 Å². The highest BCUT2D eigenvalue weighted by atomic mass is 127. The average molecular weight is 576 g/mol. The number of guanidine groups is 1. The van der Waals surface area contributed by atoms with Gasteiger partial charge in [0.15, 0.2) is 17.5 Å². The van der Waals surface area contributed by atoms with Crippen molar-refractivity contribution in [3.63, 3.8) is 0 Å². The molecule has 0 aromatic heterocycles. The normalized spacial score (nSPS) is 17.0. The van der Waals surface area contributed by atoms with E-state index in [0.29, 0.717) is 13.1 Å². The second-order valence-corrected chi connectivity index (χ2v) is 9.10. The van der Waals surface area contributed by atoms with Crippen molar-refractivity contribution in [1.82, 2.24) is 16.0 Å². The largest absolute Gasteiger partial charge is 0.454 e. The second kappa shape index (κ2) is 12.5. The van der Waals surface area contributed by atoms with Crippen LogP contribution in [-0.4, -0.2) is 64.3 Å². The molecule has 2 aliphatic heterocycles. The smallest absolute Gasteiger partial charge is 0.407 e. The molecule has 1 aromatic rings. The number of rotatable bonds is 7. The molecule has 1 saturated heterocycles. The summed E-state index contributed by atoms with van der Waals surface area (Å²) in [6.07, 6.45) is 2.18. The molecular formula is C23H37IN4O5. The van der Waals surface area contributed by atoms with Crippen LogP contribution in [0.15, 0.2) is 23.2 Å². The summed E-state index contributed by atoms with van der Waals surface area (Å²) in [4.78, 5) is 16.1. The summed E-state index contributed by atoms with van der Waals surface area (Å²) >= 11 is 0. The second-order valence-electron chi connectivity index (χ2n) is 9.10. The quantitative estimate of drug-likeness (QED) is 0.199. The number of hydrogen-bond donors (Lipinski definition) is 3. The van der Waals surface area contributed by atoms with Crippen LogP contribution < -0.4 is 25.4 Å². The van der Waals surface area contributed by atoms with Crippen LogP contribution in [0.2, 0.25) is 0 Å². The van der Waals surface area contributed by atoms with Crippen molar-refractivity contribution in [1.29, 1.82) is 0 Å². The fourth-order valence-corrected chi connectivity index (χ4v) is 3.83. The SMILES string of the molecule is CN=C(NCCCNC(=O)OC(C)(C)C)NCC1(c2ccc3c(c2)OCO3)CCOCC1.I. The Morgan fingerprint density at radius 1 is 1.09 bits per heavy atom. The van der Waals surface area contributed by atoms with Gasteiger partial charge in [-0.15, -0.1) is 24.0 Å². The molecule has 186 valence electrons. The third-order valence-corrected chi connectivity index (χ3v) is 5.57. The summed E-state index contributed by atoms with van der Waals surface area (Å²) in [5.74, 6) is 2.32. The summed E-state index contributed by atoms with van der Waals surface area (Å²) in [6.45, 7) is 9.18. The van der Waals surface area contributed by atoms with Crippen molar-refractivity contribution >= 4 is 36.0 Å². The number of carbonyl (C=O) groups is 1. The van der Waals surface area contributed by atoms with Crippen molar-refractivity contribution in [3.8, 4) is 11.5 Å². The summed E-state index contributed by atoms with van der Waals surface area (Å²) in [5, 5.41) is 9.55. The minimum absolute atomic E-state index is 0. The molecule has 9 nitrogen and oxygen atoms in total. The van der Waals surface area contributed by atoms with Crippen molar-refractivity contribution in [2.75, 3.05) is 46.7 Å². The molecule has 0 atom stereocenters. The van der Waals surface area contributed by atoms with E-state index in [-0.39, 0.29) is 36.2 Å². The summed E-state index contributed by atoms with van der Waals surface area (Å²) in [7, 11) is 1.76. The van der Waals surface area contributed by atoms with Gasteiger partial charge in [-0.2, -0.15) is 0 Å². The Hall–Kier alpha value is -1.95. The predicted molar refractivity (Wildman–Crippen MR) is 138 cm³/mol. The van der Waals surface area contributed by atoms with Crippen molar-refractivity contribution in [3.05, 3.63) is 23.8 Å². The third-order valence-electron chi connectivity index (χ3n) is 5.57. The molecule has 1 fully saturated rings. The van der Waals surface area contributed by atoms with Gasteiger partial charge in [-0.3, -0.25) is 4.99 Å². The van der Waals surface area contributed by atoms with Crippen molar-refractivity contribution < 1.29 is 23.7 Å². The van der Waals surface area contributed by atoms with Gasteiger partial charge in [0.05, 0.1) is 0 Å². The van der Waals surface area contributed by atoms with Gasteiger partial charge in [-0.1, -0.05) is 6.07 Å². The molecule has 1 aromatic carbocycles. The number of carbonyl (C=O) groups excluding carboxylic acids is 1. The van der Waals surface area contributed by atoms with Crippen LogP contribution in [0.1, 0.15) is 45.6 Å². The van der Waals surface area contributed by atoms with E-state index in [2.05, 4.69) is 33.1 Å². The van der Waals surface area contributed by atoms with Crippen LogP contribution in [0.25, 0.3) is 0 Å². The van der Waals surface area contributed by atoms with Crippen LogP contribution >= 0.6 is 24.0 Å². The van der Waals surface area contributed by atoms with Gasteiger partial charge in [0.2, 0.25) is 6.79 Å². The molecule has 0 spiro atoms. The van der Waals surface area contributed by atoms with Crippen LogP contribution in [-0.2, 0) is 14.9 Å². The third kappa shape index (κ3) is 8.09. The number of ether oxygens (including phenoxy) is 4. The molecule has 10 heteroatoms. The van der Waals surface area contributed by atoms with Gasteiger partial charge in [0, 0.05) is 45.3 Å². The Kier molecular flexibility index (Phi) is 10.3. The van der Waals surface area contributed by atoms with Crippen LogP contribution in [0.4, 0.5) is 4.79 Å². The molecule has 0 radical (unpaired) electrons. The molecule has 3 N–H and O–H groups in total. The molecule has 2 heterocycles. The number of amides is 1. The van der Waals surface area contributed by atoms with Gasteiger partial charge in [0.25, 0.3) is 0 Å². The molecule has 2 aliphatic rings. The first kappa shape index (κ1) is 27.3. The molecule has 0 bridgehead atoms. The number of aliphatic imine (C=N–C) groups is 1. The highest BCUT2D eigenvalue weighted by molar-refractivity contribution is 14.0. The van der Waals surface area contributed by atoms with Crippen molar-refractivity contribution in [2.24, 2.45) is 4.99 Å². The lowest BCUT2D eigenvalue weighted by molar-refractivity contribution is 0.0511. The predicted octanol–water partition coefficient (Wildman–Crippen LogP) is 3.16. The van der Waals surface area contributed by atoms with Crippen LogP contribution in [0.3, 0.4) is 0 Å². The van der Waals surface area contributed by atoms with Crippen LogP contribution in [0, 0.1) is 0 Å². The highest BCUT2D eigenvalue weighted by Crippen LogP contribution is 2.40. The van der Waals surface area contributed by atoms with E-state index < -0.39 is 11.7 Å². The zero-order valence-corrected chi connectivity index (χ0v) is 22.3. The van der Waals surface area contributed by atoms with Gasteiger partial charge in [-0.05, 0) is 57.7 Å². The number of halogens is 1. The van der Waals surface area contributed by atoms with Gasteiger partial charge < -0.3 is 34.9 Å². The zero-order chi connectivity index (χ0) is 23.0. The Balaban J connectivity index is 0.00000385. The molecule has 1 amide bonds. The lowest BCUT2D eigenvalue weighted by atomic mass is 9.74. The standard InChI is InChI=1S/C23H36N4O5.HI/c1-22(2,3)32-21(28)26-11-5-10-25-20(24-4)27-15-23(8-12-29-13-9-23)17-6-7-18-19(14-17)31-16-30-18;/h6-7,14H,5,8-13,15-16H2,1-4H3,(H,26,28)(H2,24,25,27);1H. The van der Waals surface area contributed by atoms with E-state index in [0.717, 1.165) is 56.5 Å². The molecule has 33 heavy (non-hydrogen) atoms. The average Bonchev–Trinajstić information content (AvgIpc) is 3.23. The lowest BCUT2D eigenvalue weighted by Crippen LogP contribution is -2.48. The fourth-order valence-electron chi connectivity index (χ4n) is 3.83. The Morgan fingerprint density at radius 3 is 2.48 bits per heavy atom. The van der Waals surface area contributed by atoms with E-state index in [1.54, 1.807) is 7.05 Å². The van der Waals surface area contributed by atoms with E-state index in [4.69, 9.17) is 18.9 Å².